The molecule has 0 fully saturated rings. The van der Waals surface area contributed by atoms with E-state index in [-0.39, 0.29) is 17.6 Å². The van der Waals surface area contributed by atoms with Crippen LogP contribution in [-0.2, 0) is 16.2 Å². The zero-order chi connectivity index (χ0) is 16.3. The molecule has 0 amide bonds. The zero-order valence-electron chi connectivity index (χ0n) is 11.5. The highest BCUT2D eigenvalue weighted by molar-refractivity contribution is 7.89. The van der Waals surface area contributed by atoms with E-state index in [1.165, 1.54) is 0 Å². The van der Waals surface area contributed by atoms with Crippen molar-refractivity contribution < 1.29 is 21.6 Å². The molecule has 9 heteroatoms. The van der Waals surface area contributed by atoms with Crippen molar-refractivity contribution in [3.05, 3.63) is 28.8 Å². The van der Waals surface area contributed by atoms with Gasteiger partial charge in [0.2, 0.25) is 10.0 Å². The lowest BCUT2D eigenvalue weighted by Crippen LogP contribution is -2.34. The maximum absolute atomic E-state index is 12.6. The summed E-state index contributed by atoms with van der Waals surface area (Å²) in [6.45, 7) is 4.18. The quantitative estimate of drug-likeness (QED) is 0.780. The van der Waals surface area contributed by atoms with Gasteiger partial charge in [0.05, 0.1) is 10.6 Å². The first kappa shape index (κ1) is 18.2. The Bertz CT molecular complexity index is 589. The van der Waals surface area contributed by atoms with Crippen molar-refractivity contribution in [2.45, 2.75) is 31.0 Å². The molecule has 0 spiro atoms. The average molecular weight is 345 g/mol. The molecular weight excluding hydrogens is 329 g/mol. The molecule has 1 aromatic rings. The minimum absolute atomic E-state index is 0.0487. The molecular formula is C12H16ClF3N2O2S. The molecule has 4 nitrogen and oxygen atoms in total. The highest BCUT2D eigenvalue weighted by Crippen LogP contribution is 2.33. The first-order valence-corrected chi connectivity index (χ1v) is 8.00. The van der Waals surface area contributed by atoms with Crippen molar-refractivity contribution in [1.29, 1.82) is 0 Å². The second-order valence-electron chi connectivity index (χ2n) is 4.65. The van der Waals surface area contributed by atoms with E-state index in [9.17, 15) is 21.6 Å². The van der Waals surface area contributed by atoms with Crippen LogP contribution in [0.5, 0.6) is 0 Å². The van der Waals surface area contributed by atoms with Gasteiger partial charge < -0.3 is 5.32 Å². The standard InChI is InChI=1S/C12H16ClF3N2O2S/c1-8(2)17-5-6-18-21(19,20)11-7-9(12(14,15)16)3-4-10(11)13/h3-4,7-8,17-18H,5-6H2,1-2H3. The van der Waals surface area contributed by atoms with Gasteiger partial charge in [-0.05, 0) is 18.2 Å². The largest absolute Gasteiger partial charge is 0.416 e. The highest BCUT2D eigenvalue weighted by Gasteiger charge is 2.32. The fraction of sp³-hybridized carbons (Fsp3) is 0.500. The van der Waals surface area contributed by atoms with Crippen LogP contribution in [0.4, 0.5) is 13.2 Å². The fourth-order valence-corrected chi connectivity index (χ4v) is 3.07. The minimum atomic E-state index is -4.63. The predicted molar refractivity (Wildman–Crippen MR) is 74.8 cm³/mol. The van der Waals surface area contributed by atoms with Crippen molar-refractivity contribution in [3.8, 4) is 0 Å². The Hall–Kier alpha value is -0.830. The molecule has 0 saturated carbocycles. The van der Waals surface area contributed by atoms with E-state index < -0.39 is 26.7 Å². The number of halogens is 4. The van der Waals surface area contributed by atoms with E-state index in [2.05, 4.69) is 10.0 Å². The van der Waals surface area contributed by atoms with Crippen molar-refractivity contribution in [1.82, 2.24) is 10.0 Å². The summed E-state index contributed by atoms with van der Waals surface area (Å²) in [5.74, 6) is 0. The predicted octanol–water partition coefficient (Wildman–Crippen LogP) is 2.64. The molecule has 2 N–H and O–H groups in total. The average Bonchev–Trinajstić information content (AvgIpc) is 2.33. The second-order valence-corrected chi connectivity index (χ2v) is 6.79. The van der Waals surface area contributed by atoms with Crippen LogP contribution in [0.3, 0.4) is 0 Å². The molecule has 21 heavy (non-hydrogen) atoms. The molecule has 0 aliphatic carbocycles. The maximum atomic E-state index is 12.6. The summed E-state index contributed by atoms with van der Waals surface area (Å²) in [7, 11) is -4.09. The molecule has 0 aliphatic rings. The van der Waals surface area contributed by atoms with Crippen molar-refractivity contribution in [2.24, 2.45) is 0 Å². The lowest BCUT2D eigenvalue weighted by atomic mass is 10.2. The van der Waals surface area contributed by atoms with Crippen LogP contribution in [0, 0.1) is 0 Å². The number of alkyl halides is 3. The van der Waals surface area contributed by atoms with E-state index in [1.807, 2.05) is 13.8 Å². The third-order valence-electron chi connectivity index (χ3n) is 2.52. The van der Waals surface area contributed by atoms with Gasteiger partial charge in [-0.15, -0.1) is 0 Å². The van der Waals surface area contributed by atoms with Crippen LogP contribution >= 0.6 is 11.6 Å². The van der Waals surface area contributed by atoms with Gasteiger partial charge in [0.1, 0.15) is 4.90 Å². The Morgan fingerprint density at radius 2 is 1.86 bits per heavy atom. The summed E-state index contributed by atoms with van der Waals surface area (Å²) in [4.78, 5) is -0.580. The topological polar surface area (TPSA) is 58.2 Å². The summed E-state index contributed by atoms with van der Waals surface area (Å²) >= 11 is 5.69. The monoisotopic (exact) mass is 344 g/mol. The Morgan fingerprint density at radius 3 is 2.38 bits per heavy atom. The molecule has 0 unspecified atom stereocenters. The van der Waals surface area contributed by atoms with E-state index in [0.717, 1.165) is 12.1 Å². The minimum Gasteiger partial charge on any atom is -0.313 e. The normalized spacial score (nSPS) is 12.9. The Balaban J connectivity index is 2.92. The Kier molecular flexibility index (Phi) is 6.03. The van der Waals surface area contributed by atoms with E-state index >= 15 is 0 Å². The van der Waals surface area contributed by atoms with Crippen LogP contribution in [0.25, 0.3) is 0 Å². The number of hydrogen-bond acceptors (Lipinski definition) is 3. The fourth-order valence-electron chi connectivity index (χ4n) is 1.51. The maximum Gasteiger partial charge on any atom is 0.416 e. The third kappa shape index (κ3) is 5.46. The molecule has 0 radical (unpaired) electrons. The number of nitrogens with one attached hydrogen (secondary N) is 2. The summed E-state index contributed by atoms with van der Waals surface area (Å²) in [6.07, 6.45) is -4.63. The first-order chi connectivity index (χ1) is 9.54. The Labute approximate surface area is 126 Å². The number of hydrogen-bond donors (Lipinski definition) is 2. The smallest absolute Gasteiger partial charge is 0.313 e. The highest BCUT2D eigenvalue weighted by atomic mass is 35.5. The molecule has 0 aliphatic heterocycles. The van der Waals surface area contributed by atoms with E-state index in [1.54, 1.807) is 0 Å². The van der Waals surface area contributed by atoms with E-state index in [4.69, 9.17) is 11.6 Å². The summed E-state index contributed by atoms with van der Waals surface area (Å²) in [5.41, 5.74) is -1.06. The Morgan fingerprint density at radius 1 is 1.24 bits per heavy atom. The summed E-state index contributed by atoms with van der Waals surface area (Å²) in [6, 6.07) is 2.36. The van der Waals surface area contributed by atoms with Gasteiger partial charge in [0, 0.05) is 19.1 Å². The molecule has 0 saturated heterocycles. The van der Waals surface area contributed by atoms with Crippen molar-refractivity contribution in [2.75, 3.05) is 13.1 Å². The van der Waals surface area contributed by atoms with E-state index in [0.29, 0.717) is 12.6 Å². The third-order valence-corrected chi connectivity index (χ3v) is 4.46. The van der Waals surface area contributed by atoms with Gasteiger partial charge in [0.25, 0.3) is 0 Å². The van der Waals surface area contributed by atoms with Crippen LogP contribution < -0.4 is 10.0 Å². The molecule has 0 aromatic heterocycles. The molecule has 1 rings (SSSR count). The summed E-state index contributed by atoms with van der Waals surface area (Å²) in [5, 5.41) is 2.72. The number of benzene rings is 1. The van der Waals surface area contributed by atoms with Gasteiger partial charge in [-0.1, -0.05) is 25.4 Å². The molecule has 0 heterocycles. The SMILES string of the molecule is CC(C)NCCNS(=O)(=O)c1cc(C(F)(F)F)ccc1Cl. The van der Waals surface area contributed by atoms with Crippen molar-refractivity contribution >= 4 is 21.6 Å². The van der Waals surface area contributed by atoms with Gasteiger partial charge in [0.15, 0.2) is 0 Å². The second kappa shape index (κ2) is 6.95. The van der Waals surface area contributed by atoms with Crippen LogP contribution in [0.15, 0.2) is 23.1 Å². The van der Waals surface area contributed by atoms with Gasteiger partial charge in [-0.3, -0.25) is 0 Å². The molecule has 0 atom stereocenters. The summed E-state index contributed by atoms with van der Waals surface area (Å²) < 4.78 is 64.0. The number of rotatable bonds is 6. The van der Waals surface area contributed by atoms with Crippen LogP contribution in [0.1, 0.15) is 19.4 Å². The molecule has 120 valence electrons. The van der Waals surface area contributed by atoms with Gasteiger partial charge in [-0.2, -0.15) is 13.2 Å². The van der Waals surface area contributed by atoms with Crippen molar-refractivity contribution in [3.63, 3.8) is 0 Å². The lowest BCUT2D eigenvalue weighted by molar-refractivity contribution is -0.137. The lowest BCUT2D eigenvalue weighted by Gasteiger charge is -2.13. The van der Waals surface area contributed by atoms with Crippen LogP contribution in [-0.4, -0.2) is 27.5 Å². The zero-order valence-corrected chi connectivity index (χ0v) is 13.0. The first-order valence-electron chi connectivity index (χ1n) is 6.14. The molecule has 1 aromatic carbocycles. The number of sulfonamides is 1. The van der Waals surface area contributed by atoms with Crippen LogP contribution in [0.2, 0.25) is 5.02 Å². The van der Waals surface area contributed by atoms with Gasteiger partial charge in [-0.25, -0.2) is 13.1 Å². The van der Waals surface area contributed by atoms with Gasteiger partial charge >= 0.3 is 6.18 Å². The molecule has 0 bridgehead atoms.